The molecule has 28 heavy (non-hydrogen) atoms. The second-order valence-corrected chi connectivity index (χ2v) is 8.48. The smallest absolute Gasteiger partial charge is 0.233 e. The number of carbonyl (C=O) groups is 1. The van der Waals surface area contributed by atoms with Crippen LogP contribution in [0.15, 0.2) is 63.6 Å². The molecule has 6 nitrogen and oxygen atoms in total. The number of amides is 1. The lowest BCUT2D eigenvalue weighted by molar-refractivity contribution is -0.127. The Balaban J connectivity index is 1.24. The van der Waals surface area contributed by atoms with Crippen molar-refractivity contribution in [2.45, 2.75) is 17.3 Å². The molecule has 1 aliphatic heterocycles. The van der Waals surface area contributed by atoms with E-state index >= 15 is 0 Å². The fraction of sp³-hybridized carbons (Fsp3) is 0.250. The van der Waals surface area contributed by atoms with Gasteiger partial charge in [0.05, 0.1) is 18.6 Å². The molecule has 0 aliphatic carbocycles. The van der Waals surface area contributed by atoms with E-state index in [9.17, 15) is 4.79 Å². The van der Waals surface area contributed by atoms with Gasteiger partial charge in [0.25, 0.3) is 0 Å². The number of carbonyl (C=O) groups excluding carboxylic acids is 1. The summed E-state index contributed by atoms with van der Waals surface area (Å²) in [6.45, 7) is 1.98. The predicted octanol–water partition coefficient (Wildman–Crippen LogP) is 4.15. The van der Waals surface area contributed by atoms with E-state index in [2.05, 4.69) is 33.7 Å². The Kier molecular flexibility index (Phi) is 6.08. The molecule has 1 N–H and O–H groups in total. The van der Waals surface area contributed by atoms with Gasteiger partial charge in [-0.3, -0.25) is 4.79 Å². The third-order valence-electron chi connectivity index (χ3n) is 4.43. The summed E-state index contributed by atoms with van der Waals surface area (Å²) in [4.78, 5) is 14.4. The van der Waals surface area contributed by atoms with Gasteiger partial charge in [0.1, 0.15) is 5.76 Å². The molecule has 0 radical (unpaired) electrons. The first-order valence-electron chi connectivity index (χ1n) is 9.03. The van der Waals surface area contributed by atoms with E-state index in [1.54, 1.807) is 6.26 Å². The minimum absolute atomic E-state index is 0.133. The molecule has 144 valence electrons. The van der Waals surface area contributed by atoms with Crippen molar-refractivity contribution >= 4 is 39.7 Å². The van der Waals surface area contributed by atoms with Gasteiger partial charge in [0.2, 0.25) is 11.0 Å². The number of nitrogens with zero attached hydrogens (tertiary/aromatic N) is 3. The van der Waals surface area contributed by atoms with Crippen LogP contribution in [0.25, 0.3) is 5.57 Å². The summed E-state index contributed by atoms with van der Waals surface area (Å²) in [5, 5.41) is 12.1. The molecule has 1 aliphatic rings. The average Bonchev–Trinajstić information content (AvgIpc) is 3.43. The molecule has 3 heterocycles. The van der Waals surface area contributed by atoms with E-state index in [1.165, 1.54) is 34.2 Å². The van der Waals surface area contributed by atoms with E-state index in [4.69, 9.17) is 4.42 Å². The normalized spacial score (nSPS) is 14.0. The zero-order valence-corrected chi connectivity index (χ0v) is 16.8. The van der Waals surface area contributed by atoms with E-state index < -0.39 is 0 Å². The van der Waals surface area contributed by atoms with Gasteiger partial charge in [-0.15, -0.1) is 10.2 Å². The van der Waals surface area contributed by atoms with Crippen molar-refractivity contribution in [3.05, 3.63) is 66.1 Å². The molecule has 3 aromatic rings. The van der Waals surface area contributed by atoms with E-state index in [0.29, 0.717) is 18.8 Å². The van der Waals surface area contributed by atoms with Crippen LogP contribution >= 0.6 is 23.1 Å². The monoisotopic (exact) mass is 412 g/mol. The van der Waals surface area contributed by atoms with Gasteiger partial charge in [0.15, 0.2) is 4.34 Å². The third-order valence-corrected chi connectivity index (χ3v) is 6.42. The summed E-state index contributed by atoms with van der Waals surface area (Å²) < 4.78 is 6.06. The zero-order chi connectivity index (χ0) is 19.2. The second kappa shape index (κ2) is 9.07. The molecule has 8 heteroatoms. The molecule has 4 rings (SSSR count). The molecular formula is C20H20N4O2S2. The molecule has 1 amide bonds. The zero-order valence-electron chi connectivity index (χ0n) is 15.2. The highest BCUT2D eigenvalue weighted by Crippen LogP contribution is 2.27. The Bertz CT molecular complexity index is 938. The van der Waals surface area contributed by atoms with Gasteiger partial charge in [-0.05, 0) is 29.7 Å². The van der Waals surface area contributed by atoms with Crippen molar-refractivity contribution in [2.75, 3.05) is 24.2 Å². The minimum Gasteiger partial charge on any atom is -0.467 e. The van der Waals surface area contributed by atoms with Crippen molar-refractivity contribution in [1.29, 1.82) is 0 Å². The highest BCUT2D eigenvalue weighted by atomic mass is 32.2. The number of hydrogen-bond donors (Lipinski definition) is 1. The van der Waals surface area contributed by atoms with Gasteiger partial charge in [-0.2, -0.15) is 0 Å². The average molecular weight is 413 g/mol. The summed E-state index contributed by atoms with van der Waals surface area (Å²) in [7, 11) is 0. The summed E-state index contributed by atoms with van der Waals surface area (Å²) >= 11 is 2.88. The molecule has 1 aromatic carbocycles. The number of benzene rings is 1. The van der Waals surface area contributed by atoms with Gasteiger partial charge in [0, 0.05) is 13.1 Å². The molecule has 0 fully saturated rings. The van der Waals surface area contributed by atoms with Crippen LogP contribution in [0.5, 0.6) is 0 Å². The van der Waals surface area contributed by atoms with Crippen molar-refractivity contribution in [3.63, 3.8) is 0 Å². The summed E-state index contributed by atoms with van der Waals surface area (Å²) in [5.41, 5.74) is 2.56. The lowest BCUT2D eigenvalue weighted by atomic mass is 10.00. The quantitative estimate of drug-likeness (QED) is 0.588. The first-order valence-corrected chi connectivity index (χ1v) is 10.8. The number of nitrogens with one attached hydrogen (secondary N) is 1. The molecule has 0 saturated heterocycles. The van der Waals surface area contributed by atoms with Gasteiger partial charge >= 0.3 is 0 Å². The Hall–Kier alpha value is -2.58. The third kappa shape index (κ3) is 4.82. The Morgan fingerprint density at radius 2 is 2.11 bits per heavy atom. The molecule has 0 bridgehead atoms. The molecule has 0 atom stereocenters. The van der Waals surface area contributed by atoms with E-state index in [0.717, 1.165) is 28.2 Å². The predicted molar refractivity (Wildman–Crippen MR) is 112 cm³/mol. The van der Waals surface area contributed by atoms with Crippen molar-refractivity contribution in [2.24, 2.45) is 0 Å². The Labute approximate surface area is 171 Å². The highest BCUT2D eigenvalue weighted by molar-refractivity contribution is 8.01. The summed E-state index contributed by atoms with van der Waals surface area (Å²) in [5.74, 6) is 1.35. The Morgan fingerprint density at radius 1 is 1.21 bits per heavy atom. The van der Waals surface area contributed by atoms with Gasteiger partial charge in [-0.25, -0.2) is 0 Å². The lowest BCUT2D eigenvalue weighted by Gasteiger charge is -2.26. The molecule has 0 spiro atoms. The number of aromatic nitrogens is 2. The maximum atomic E-state index is 12.5. The molecule has 0 saturated carbocycles. The van der Waals surface area contributed by atoms with Crippen molar-refractivity contribution < 1.29 is 9.21 Å². The summed E-state index contributed by atoms with van der Waals surface area (Å²) in [6, 6.07) is 14.1. The fourth-order valence-corrected chi connectivity index (χ4v) is 4.59. The Morgan fingerprint density at radius 3 is 2.86 bits per heavy atom. The highest BCUT2D eigenvalue weighted by Gasteiger charge is 2.18. The van der Waals surface area contributed by atoms with Crippen LogP contribution in [0.2, 0.25) is 0 Å². The largest absolute Gasteiger partial charge is 0.467 e. The molecular weight excluding hydrogens is 392 g/mol. The topological polar surface area (TPSA) is 71.3 Å². The lowest BCUT2D eigenvalue weighted by Crippen LogP contribution is -2.35. The number of anilines is 1. The fourth-order valence-electron chi connectivity index (χ4n) is 2.94. The number of furan rings is 1. The number of thioether (sulfide) groups is 1. The second-order valence-electron chi connectivity index (χ2n) is 6.28. The summed E-state index contributed by atoms with van der Waals surface area (Å²) in [6.07, 6.45) is 4.69. The van der Waals surface area contributed by atoms with Crippen molar-refractivity contribution in [3.8, 4) is 0 Å². The first kappa shape index (κ1) is 18.8. The van der Waals surface area contributed by atoms with Gasteiger partial charge in [-0.1, -0.05) is 59.5 Å². The van der Waals surface area contributed by atoms with Crippen LogP contribution in [0.1, 0.15) is 17.7 Å². The van der Waals surface area contributed by atoms with Crippen LogP contribution in [-0.2, 0) is 11.3 Å². The minimum atomic E-state index is 0.133. The maximum Gasteiger partial charge on any atom is 0.233 e. The van der Waals surface area contributed by atoms with E-state index in [1.807, 2.05) is 35.2 Å². The molecule has 0 unspecified atom stereocenters. The standard InChI is InChI=1S/C20H20N4O2S2/c25-18(24-10-8-16(9-11-24)15-5-2-1-3-6-15)14-27-20-23-22-19(28-20)21-13-17-7-4-12-26-17/h1-8,12H,9-11,13-14H2,(H,21,22). The number of hydrogen-bond acceptors (Lipinski definition) is 7. The number of rotatable bonds is 7. The van der Waals surface area contributed by atoms with E-state index in [-0.39, 0.29) is 5.91 Å². The van der Waals surface area contributed by atoms with Crippen LogP contribution < -0.4 is 5.32 Å². The van der Waals surface area contributed by atoms with Crippen LogP contribution in [0, 0.1) is 0 Å². The first-order chi connectivity index (χ1) is 13.8. The maximum absolute atomic E-state index is 12.5. The van der Waals surface area contributed by atoms with Gasteiger partial charge < -0.3 is 14.6 Å². The van der Waals surface area contributed by atoms with Crippen LogP contribution in [0.4, 0.5) is 5.13 Å². The van der Waals surface area contributed by atoms with Crippen molar-refractivity contribution in [1.82, 2.24) is 15.1 Å². The molecule has 2 aromatic heterocycles. The van der Waals surface area contributed by atoms with Crippen LogP contribution in [0.3, 0.4) is 0 Å². The van der Waals surface area contributed by atoms with Crippen LogP contribution in [-0.4, -0.2) is 39.8 Å². The SMILES string of the molecule is O=C(CSc1nnc(NCc2ccco2)s1)N1CC=C(c2ccccc2)CC1.